The monoisotopic (exact) mass is 274 g/mol. The highest BCUT2D eigenvalue weighted by atomic mass is 16.5. The van der Waals surface area contributed by atoms with Gasteiger partial charge in [-0.15, -0.1) is 0 Å². The first-order valence-electron chi connectivity index (χ1n) is 7.10. The Morgan fingerprint density at radius 3 is 2.65 bits per heavy atom. The maximum atomic E-state index is 11.9. The summed E-state index contributed by atoms with van der Waals surface area (Å²) in [5.74, 6) is 0.877. The summed E-state index contributed by atoms with van der Waals surface area (Å²) in [6, 6.07) is 8.07. The van der Waals surface area contributed by atoms with Crippen LogP contribution in [0.1, 0.15) is 26.6 Å². The molecule has 1 aromatic heterocycles. The molecule has 1 unspecified atom stereocenters. The zero-order chi connectivity index (χ0) is 14.7. The third-order valence-electron chi connectivity index (χ3n) is 3.76. The molecule has 1 heterocycles. The van der Waals surface area contributed by atoms with Crippen LogP contribution in [0.5, 0.6) is 0 Å². The van der Waals surface area contributed by atoms with Gasteiger partial charge in [-0.05, 0) is 25.0 Å². The third kappa shape index (κ3) is 2.69. The van der Waals surface area contributed by atoms with Crippen LogP contribution >= 0.6 is 0 Å². The number of carbonyl (C=O) groups is 1. The van der Waals surface area contributed by atoms with Crippen molar-refractivity contribution >= 4 is 17.0 Å². The van der Waals surface area contributed by atoms with Gasteiger partial charge in [-0.25, -0.2) is 4.98 Å². The van der Waals surface area contributed by atoms with Crippen molar-refractivity contribution in [3.05, 3.63) is 30.1 Å². The van der Waals surface area contributed by atoms with Gasteiger partial charge < -0.3 is 9.30 Å². The first kappa shape index (κ1) is 14.6. The van der Waals surface area contributed by atoms with Gasteiger partial charge >= 0.3 is 5.97 Å². The Morgan fingerprint density at radius 2 is 2.05 bits per heavy atom. The maximum Gasteiger partial charge on any atom is 0.309 e. The number of esters is 1. The average molecular weight is 274 g/mol. The Balaban J connectivity index is 2.39. The van der Waals surface area contributed by atoms with Gasteiger partial charge in [0.05, 0.1) is 24.1 Å². The fourth-order valence-electron chi connectivity index (χ4n) is 2.57. The molecule has 1 atom stereocenters. The number of benzene rings is 1. The standard InChI is InChI=1S/C16H22N2O2/c1-5-18-14-9-7-6-8-13(14)17-15(18)10-12(11(2)3)16(19)20-4/h6-9,11-12H,5,10H2,1-4H3. The minimum Gasteiger partial charge on any atom is -0.469 e. The van der Waals surface area contributed by atoms with Gasteiger partial charge in [-0.3, -0.25) is 4.79 Å². The molecule has 4 nitrogen and oxygen atoms in total. The largest absolute Gasteiger partial charge is 0.469 e. The van der Waals surface area contributed by atoms with Crippen LogP contribution in [0.15, 0.2) is 24.3 Å². The minimum absolute atomic E-state index is 0.151. The van der Waals surface area contributed by atoms with E-state index in [-0.39, 0.29) is 17.8 Å². The van der Waals surface area contributed by atoms with Crippen molar-refractivity contribution in [3.63, 3.8) is 0 Å². The fourth-order valence-corrected chi connectivity index (χ4v) is 2.57. The molecule has 4 heteroatoms. The summed E-state index contributed by atoms with van der Waals surface area (Å²) in [7, 11) is 1.44. The highest BCUT2D eigenvalue weighted by Crippen LogP contribution is 2.22. The Hall–Kier alpha value is -1.84. The minimum atomic E-state index is -0.158. The molecule has 108 valence electrons. The summed E-state index contributed by atoms with van der Waals surface area (Å²) in [4.78, 5) is 16.6. The third-order valence-corrected chi connectivity index (χ3v) is 3.76. The van der Waals surface area contributed by atoms with Gasteiger partial charge in [0, 0.05) is 13.0 Å². The van der Waals surface area contributed by atoms with Crippen molar-refractivity contribution in [1.82, 2.24) is 9.55 Å². The van der Waals surface area contributed by atoms with E-state index in [9.17, 15) is 4.79 Å². The number of nitrogens with zero attached hydrogens (tertiary/aromatic N) is 2. The summed E-state index contributed by atoms with van der Waals surface area (Å²) in [5.41, 5.74) is 2.11. The number of aromatic nitrogens is 2. The van der Waals surface area contributed by atoms with Crippen molar-refractivity contribution in [3.8, 4) is 0 Å². The smallest absolute Gasteiger partial charge is 0.309 e. The molecule has 0 spiro atoms. The van der Waals surface area contributed by atoms with Gasteiger partial charge in [0.15, 0.2) is 0 Å². The van der Waals surface area contributed by atoms with Crippen LogP contribution in [0, 0.1) is 11.8 Å². The molecular weight excluding hydrogens is 252 g/mol. The number of hydrogen-bond acceptors (Lipinski definition) is 3. The molecule has 2 aromatic rings. The molecule has 2 rings (SSSR count). The van der Waals surface area contributed by atoms with Crippen LogP contribution in [-0.4, -0.2) is 22.6 Å². The Bertz CT molecular complexity index is 602. The molecule has 20 heavy (non-hydrogen) atoms. The first-order chi connectivity index (χ1) is 9.58. The number of rotatable bonds is 5. The van der Waals surface area contributed by atoms with Crippen LogP contribution in [-0.2, 0) is 22.5 Å². The second kappa shape index (κ2) is 6.07. The number of para-hydroxylation sites is 2. The number of imidazole rings is 1. The SMILES string of the molecule is CCn1c(CC(C(=O)OC)C(C)C)nc2ccccc21. The van der Waals surface area contributed by atoms with Gasteiger partial charge in [0.25, 0.3) is 0 Å². The molecule has 0 aliphatic heterocycles. The predicted octanol–water partition coefficient (Wildman–Crippen LogP) is 3.04. The second-order valence-corrected chi connectivity index (χ2v) is 5.34. The molecule has 0 aliphatic carbocycles. The van der Waals surface area contributed by atoms with E-state index in [1.807, 2.05) is 32.0 Å². The van der Waals surface area contributed by atoms with E-state index in [4.69, 9.17) is 4.74 Å². The zero-order valence-corrected chi connectivity index (χ0v) is 12.6. The van der Waals surface area contributed by atoms with Gasteiger partial charge in [-0.2, -0.15) is 0 Å². The molecule has 0 saturated heterocycles. The normalized spacial score (nSPS) is 12.8. The highest BCUT2D eigenvalue weighted by molar-refractivity contribution is 5.76. The molecule has 0 saturated carbocycles. The van der Waals surface area contributed by atoms with Gasteiger partial charge in [-0.1, -0.05) is 26.0 Å². The number of hydrogen-bond donors (Lipinski definition) is 0. The van der Waals surface area contributed by atoms with Crippen LogP contribution in [0.2, 0.25) is 0 Å². The average Bonchev–Trinajstić information content (AvgIpc) is 2.80. The van der Waals surface area contributed by atoms with E-state index < -0.39 is 0 Å². The fraction of sp³-hybridized carbons (Fsp3) is 0.500. The topological polar surface area (TPSA) is 44.1 Å². The number of carbonyl (C=O) groups excluding carboxylic acids is 1. The number of ether oxygens (including phenoxy) is 1. The number of methoxy groups -OCH3 is 1. The summed E-state index contributed by atoms with van der Waals surface area (Å²) in [6.45, 7) is 7.03. The Labute approximate surface area is 119 Å². The molecular formula is C16H22N2O2. The van der Waals surface area contributed by atoms with Crippen molar-refractivity contribution < 1.29 is 9.53 Å². The lowest BCUT2D eigenvalue weighted by molar-refractivity contribution is -0.147. The van der Waals surface area contributed by atoms with Crippen molar-refractivity contribution in [2.75, 3.05) is 7.11 Å². The molecule has 0 aliphatic rings. The Morgan fingerprint density at radius 1 is 1.35 bits per heavy atom. The predicted molar refractivity (Wildman–Crippen MR) is 79.5 cm³/mol. The molecule has 0 bridgehead atoms. The van der Waals surface area contributed by atoms with Gasteiger partial charge in [0.1, 0.15) is 5.82 Å². The van der Waals surface area contributed by atoms with Crippen molar-refractivity contribution in [2.24, 2.45) is 11.8 Å². The molecule has 0 fully saturated rings. The lowest BCUT2D eigenvalue weighted by Gasteiger charge is -2.18. The second-order valence-electron chi connectivity index (χ2n) is 5.34. The summed E-state index contributed by atoms with van der Waals surface area (Å²) < 4.78 is 7.09. The lowest BCUT2D eigenvalue weighted by atomic mass is 9.92. The Kier molecular flexibility index (Phi) is 4.42. The quantitative estimate of drug-likeness (QED) is 0.787. The van der Waals surface area contributed by atoms with Gasteiger partial charge in [0.2, 0.25) is 0 Å². The van der Waals surface area contributed by atoms with Crippen molar-refractivity contribution in [1.29, 1.82) is 0 Å². The number of aryl methyl sites for hydroxylation is 1. The zero-order valence-electron chi connectivity index (χ0n) is 12.6. The molecule has 0 amide bonds. The van der Waals surface area contributed by atoms with E-state index in [1.54, 1.807) is 0 Å². The lowest BCUT2D eigenvalue weighted by Crippen LogP contribution is -2.25. The summed E-state index contributed by atoms with van der Waals surface area (Å²) in [6.07, 6.45) is 0.618. The van der Waals surface area contributed by atoms with Crippen LogP contribution in [0.25, 0.3) is 11.0 Å². The summed E-state index contributed by atoms with van der Waals surface area (Å²) in [5, 5.41) is 0. The van der Waals surface area contributed by atoms with Crippen LogP contribution < -0.4 is 0 Å². The van der Waals surface area contributed by atoms with E-state index in [0.29, 0.717) is 6.42 Å². The van der Waals surface area contributed by atoms with E-state index >= 15 is 0 Å². The van der Waals surface area contributed by atoms with Crippen LogP contribution in [0.4, 0.5) is 0 Å². The van der Waals surface area contributed by atoms with E-state index in [1.165, 1.54) is 7.11 Å². The molecule has 0 radical (unpaired) electrons. The van der Waals surface area contributed by atoms with Crippen molar-refractivity contribution in [2.45, 2.75) is 33.7 Å². The summed E-state index contributed by atoms with van der Waals surface area (Å²) >= 11 is 0. The van der Waals surface area contributed by atoms with E-state index in [2.05, 4.69) is 22.5 Å². The molecule has 1 aromatic carbocycles. The van der Waals surface area contributed by atoms with E-state index in [0.717, 1.165) is 23.4 Å². The maximum absolute atomic E-state index is 11.9. The van der Waals surface area contributed by atoms with Crippen LogP contribution in [0.3, 0.4) is 0 Å². The highest BCUT2D eigenvalue weighted by Gasteiger charge is 2.25. The number of fused-ring (bicyclic) bond motifs is 1. The molecule has 0 N–H and O–H groups in total. The first-order valence-corrected chi connectivity index (χ1v) is 7.10.